The summed E-state index contributed by atoms with van der Waals surface area (Å²) in [7, 11) is 0. The average molecular weight is 374 g/mol. The van der Waals surface area contributed by atoms with Crippen molar-refractivity contribution < 1.29 is 34.3 Å². The zero-order valence-electron chi connectivity index (χ0n) is 14.5. The van der Waals surface area contributed by atoms with Gasteiger partial charge >= 0.3 is 5.97 Å². The van der Waals surface area contributed by atoms with Gasteiger partial charge in [-0.3, -0.25) is 0 Å². The van der Waals surface area contributed by atoms with Gasteiger partial charge in [-0.15, -0.1) is 0 Å². The molecule has 0 spiro atoms. The second-order valence-electron chi connectivity index (χ2n) is 6.24. The fourth-order valence-electron chi connectivity index (χ4n) is 2.92. The lowest BCUT2D eigenvalue weighted by atomic mass is 9.98. The summed E-state index contributed by atoms with van der Waals surface area (Å²) < 4.78 is 16.3. The van der Waals surface area contributed by atoms with E-state index in [-0.39, 0.29) is 12.2 Å². The Labute approximate surface area is 156 Å². The lowest BCUT2D eigenvalue weighted by molar-refractivity contribution is -0.294. The zero-order chi connectivity index (χ0) is 19.2. The molecule has 0 amide bonds. The minimum atomic E-state index is -1.58. The van der Waals surface area contributed by atoms with Crippen molar-refractivity contribution in [3.05, 3.63) is 71.8 Å². The Kier molecular flexibility index (Phi) is 6.54. The van der Waals surface area contributed by atoms with Crippen molar-refractivity contribution in [3.63, 3.8) is 0 Å². The fourth-order valence-corrected chi connectivity index (χ4v) is 2.92. The number of benzene rings is 2. The minimum absolute atomic E-state index is 0.165. The topological polar surface area (TPSA) is 105 Å². The fraction of sp³-hybridized carbons (Fsp3) is 0.350. The molecular weight excluding hydrogens is 352 g/mol. The molecule has 1 saturated heterocycles. The Morgan fingerprint density at radius 2 is 1.59 bits per heavy atom. The molecule has 0 unspecified atom stereocenters. The van der Waals surface area contributed by atoms with Crippen molar-refractivity contribution in [2.45, 2.75) is 37.3 Å². The maximum absolute atomic E-state index is 12.3. The van der Waals surface area contributed by atoms with Crippen LogP contribution in [0.3, 0.4) is 0 Å². The second-order valence-corrected chi connectivity index (χ2v) is 6.24. The summed E-state index contributed by atoms with van der Waals surface area (Å²) in [6.45, 7) is -0.301. The molecule has 5 atom stereocenters. The Balaban J connectivity index is 1.70. The third-order valence-corrected chi connectivity index (χ3v) is 4.35. The molecule has 144 valence electrons. The van der Waals surface area contributed by atoms with E-state index in [1.54, 1.807) is 30.3 Å². The molecule has 0 saturated carbocycles. The van der Waals surface area contributed by atoms with Crippen LogP contribution in [0.15, 0.2) is 60.7 Å². The number of hydrogen-bond acceptors (Lipinski definition) is 7. The van der Waals surface area contributed by atoms with Gasteiger partial charge in [0.05, 0.1) is 18.8 Å². The van der Waals surface area contributed by atoms with Crippen molar-refractivity contribution in [2.24, 2.45) is 0 Å². The smallest absolute Gasteiger partial charge is 0.338 e. The summed E-state index contributed by atoms with van der Waals surface area (Å²) >= 11 is 0. The highest BCUT2D eigenvalue weighted by Gasteiger charge is 2.47. The van der Waals surface area contributed by atoms with E-state index in [9.17, 15) is 20.1 Å². The zero-order valence-corrected chi connectivity index (χ0v) is 14.5. The third kappa shape index (κ3) is 4.71. The van der Waals surface area contributed by atoms with Gasteiger partial charge in [0, 0.05) is 0 Å². The lowest BCUT2D eigenvalue weighted by Gasteiger charge is -2.41. The van der Waals surface area contributed by atoms with Gasteiger partial charge in [0.15, 0.2) is 12.4 Å². The SMILES string of the molecule is O=C(O[C@@H]1[C@@H](O)[C@H](OCc2ccccc2)[C@@H](CO)O[C@@H]1O)c1ccccc1. The second kappa shape index (κ2) is 9.07. The summed E-state index contributed by atoms with van der Waals surface area (Å²) in [4.78, 5) is 12.3. The van der Waals surface area contributed by atoms with Gasteiger partial charge in [0.1, 0.15) is 18.3 Å². The minimum Gasteiger partial charge on any atom is -0.450 e. The first-order valence-corrected chi connectivity index (χ1v) is 8.64. The van der Waals surface area contributed by atoms with E-state index in [4.69, 9.17) is 14.2 Å². The molecule has 0 radical (unpaired) electrons. The molecule has 0 aromatic heterocycles. The summed E-state index contributed by atoms with van der Waals surface area (Å²) in [6, 6.07) is 17.5. The molecule has 1 heterocycles. The third-order valence-electron chi connectivity index (χ3n) is 4.35. The molecule has 0 aliphatic carbocycles. The van der Waals surface area contributed by atoms with Crippen molar-refractivity contribution in [1.82, 2.24) is 0 Å². The van der Waals surface area contributed by atoms with Crippen molar-refractivity contribution in [2.75, 3.05) is 6.61 Å². The van der Waals surface area contributed by atoms with E-state index >= 15 is 0 Å². The number of carbonyl (C=O) groups is 1. The van der Waals surface area contributed by atoms with Crippen LogP contribution in [0.1, 0.15) is 15.9 Å². The standard InChI is InChI=1S/C20H22O7/c21-11-15-17(25-12-13-7-3-1-4-8-13)16(22)18(20(24)26-15)27-19(23)14-9-5-2-6-10-14/h1-10,15-18,20-22,24H,11-12H2/t15-,16+,17-,18-,20+/m1/s1. The summed E-state index contributed by atoms with van der Waals surface area (Å²) in [5.74, 6) is -0.702. The Morgan fingerprint density at radius 1 is 0.963 bits per heavy atom. The number of carbonyl (C=O) groups excluding carboxylic acids is 1. The van der Waals surface area contributed by atoms with Crippen LogP contribution in [-0.2, 0) is 20.8 Å². The van der Waals surface area contributed by atoms with Gasteiger partial charge in [0.25, 0.3) is 0 Å². The van der Waals surface area contributed by atoms with E-state index < -0.39 is 43.3 Å². The number of hydrogen-bond donors (Lipinski definition) is 3. The Bertz CT molecular complexity index is 722. The molecule has 0 bridgehead atoms. The van der Waals surface area contributed by atoms with Gasteiger partial charge in [0.2, 0.25) is 0 Å². The highest BCUT2D eigenvalue weighted by Crippen LogP contribution is 2.26. The summed E-state index contributed by atoms with van der Waals surface area (Å²) in [6.07, 6.45) is -6.23. The van der Waals surface area contributed by atoms with Crippen LogP contribution in [0, 0.1) is 0 Å². The molecule has 27 heavy (non-hydrogen) atoms. The largest absolute Gasteiger partial charge is 0.450 e. The predicted octanol–water partition coefficient (Wildman–Crippen LogP) is 0.868. The van der Waals surface area contributed by atoms with Crippen LogP contribution in [0.2, 0.25) is 0 Å². The first kappa shape index (κ1) is 19.5. The first-order valence-electron chi connectivity index (χ1n) is 8.64. The Hall–Kier alpha value is -2.29. The molecule has 1 fully saturated rings. The maximum atomic E-state index is 12.3. The molecule has 2 aromatic rings. The summed E-state index contributed by atoms with van der Waals surface area (Å²) in [5.41, 5.74) is 1.15. The molecular formula is C20H22O7. The van der Waals surface area contributed by atoms with Crippen LogP contribution >= 0.6 is 0 Å². The van der Waals surface area contributed by atoms with E-state index in [0.717, 1.165) is 5.56 Å². The summed E-state index contributed by atoms with van der Waals surface area (Å²) in [5, 5.41) is 30.2. The molecule has 3 N–H and O–H groups in total. The number of rotatable bonds is 6. The first-order chi connectivity index (χ1) is 13.1. The van der Waals surface area contributed by atoms with Crippen LogP contribution in [0.25, 0.3) is 0 Å². The Morgan fingerprint density at radius 3 is 2.22 bits per heavy atom. The maximum Gasteiger partial charge on any atom is 0.338 e. The van der Waals surface area contributed by atoms with Gasteiger partial charge in [-0.25, -0.2) is 4.79 Å². The van der Waals surface area contributed by atoms with Gasteiger partial charge in [-0.2, -0.15) is 0 Å². The van der Waals surface area contributed by atoms with E-state index in [1.807, 2.05) is 30.3 Å². The molecule has 2 aromatic carbocycles. The van der Waals surface area contributed by atoms with Gasteiger partial charge in [-0.1, -0.05) is 48.5 Å². The van der Waals surface area contributed by atoms with Crippen molar-refractivity contribution in [1.29, 1.82) is 0 Å². The quantitative estimate of drug-likeness (QED) is 0.644. The lowest BCUT2D eigenvalue weighted by Crippen LogP contribution is -2.60. The van der Waals surface area contributed by atoms with Crippen LogP contribution in [-0.4, -0.2) is 58.6 Å². The highest BCUT2D eigenvalue weighted by molar-refractivity contribution is 5.89. The van der Waals surface area contributed by atoms with Crippen LogP contribution in [0.5, 0.6) is 0 Å². The van der Waals surface area contributed by atoms with Gasteiger partial charge in [-0.05, 0) is 17.7 Å². The molecule has 3 rings (SSSR count). The molecule has 1 aliphatic heterocycles. The average Bonchev–Trinajstić information content (AvgIpc) is 2.71. The number of aliphatic hydroxyl groups excluding tert-OH is 3. The van der Waals surface area contributed by atoms with E-state index in [0.29, 0.717) is 0 Å². The molecule has 1 aliphatic rings. The van der Waals surface area contributed by atoms with E-state index in [1.165, 1.54) is 0 Å². The normalized spacial score (nSPS) is 27.9. The molecule has 7 nitrogen and oxygen atoms in total. The van der Waals surface area contributed by atoms with E-state index in [2.05, 4.69) is 0 Å². The monoisotopic (exact) mass is 374 g/mol. The van der Waals surface area contributed by atoms with Crippen molar-refractivity contribution in [3.8, 4) is 0 Å². The number of ether oxygens (including phenoxy) is 3. The predicted molar refractivity (Wildman–Crippen MR) is 94.6 cm³/mol. The van der Waals surface area contributed by atoms with Gasteiger partial charge < -0.3 is 29.5 Å². The van der Waals surface area contributed by atoms with Crippen molar-refractivity contribution >= 4 is 5.97 Å². The number of aliphatic hydroxyl groups is 3. The highest BCUT2D eigenvalue weighted by atomic mass is 16.7. The number of esters is 1. The molecule has 7 heteroatoms. The van der Waals surface area contributed by atoms with Crippen LogP contribution in [0.4, 0.5) is 0 Å². The van der Waals surface area contributed by atoms with Crippen LogP contribution < -0.4 is 0 Å².